The molecule has 13 heavy (non-hydrogen) atoms. The molecular weight excluding hydrogens is 181 g/mol. The molecule has 0 aliphatic heterocycles. The van der Waals surface area contributed by atoms with Crippen LogP contribution in [0.4, 0.5) is 0 Å². The maximum Gasteiger partial charge on any atom is 1.00 e. The van der Waals surface area contributed by atoms with Crippen LogP contribution in [-0.4, -0.2) is 0 Å². The van der Waals surface area contributed by atoms with Crippen LogP contribution in [0.3, 0.4) is 0 Å². The van der Waals surface area contributed by atoms with Gasteiger partial charge in [0, 0.05) is 5.39 Å². The summed E-state index contributed by atoms with van der Waals surface area (Å²) in [6.45, 7) is 0. The molecule has 0 unspecified atom stereocenters. The van der Waals surface area contributed by atoms with Crippen molar-refractivity contribution in [1.29, 1.82) is 0 Å². The second-order valence-corrected chi connectivity index (χ2v) is 2.28. The number of fused-ring (bicyclic) bond motifs is 1. The summed E-state index contributed by atoms with van der Waals surface area (Å²) in [7, 11) is 0. The molecule has 2 aromatic rings. The van der Waals surface area contributed by atoms with E-state index in [1.807, 2.05) is 0 Å². The fourth-order valence-corrected chi connectivity index (χ4v) is 0.999. The fourth-order valence-electron chi connectivity index (χ4n) is 0.999. The Labute approximate surface area is 94.9 Å². The quantitative estimate of drug-likeness (QED) is 0.413. The van der Waals surface area contributed by atoms with Gasteiger partial charge in [0.25, 0.3) is 0 Å². The molecule has 2 rings (SSSR count). The first-order valence-corrected chi connectivity index (χ1v) is 3.34. The number of para-hydroxylation sites is 1. The van der Waals surface area contributed by atoms with Gasteiger partial charge in [-0.05, 0) is 6.07 Å². The minimum atomic E-state index is -0.848. The number of hydrogen-bond acceptors (Lipinski definition) is 3. The Morgan fingerprint density at radius 2 is 1.85 bits per heavy atom. The zero-order chi connectivity index (χ0) is 8.55. The molecule has 1 aromatic heterocycles. The molecule has 60 valence electrons. The van der Waals surface area contributed by atoms with Crippen molar-refractivity contribution < 1.29 is 34.0 Å². The third-order valence-corrected chi connectivity index (χ3v) is 1.52. The molecule has 0 spiro atoms. The van der Waals surface area contributed by atoms with Gasteiger partial charge in [-0.25, -0.2) is 4.79 Å². The first-order chi connectivity index (χ1) is 5.77. The van der Waals surface area contributed by atoms with E-state index in [0.29, 0.717) is 10.9 Å². The zero-order valence-electron chi connectivity index (χ0n) is 6.98. The molecule has 1 heterocycles. The van der Waals surface area contributed by atoms with Crippen LogP contribution in [-0.2, 0) is 0 Å². The molecule has 0 amide bonds. The summed E-state index contributed by atoms with van der Waals surface area (Å²) < 4.78 is 4.27. The molecule has 0 bridgehead atoms. The van der Waals surface area contributed by atoms with Gasteiger partial charge in [0.05, 0.1) is 0 Å². The van der Waals surface area contributed by atoms with Crippen molar-refractivity contribution in [3.63, 3.8) is 0 Å². The maximum atomic E-state index is 11.0. The van der Waals surface area contributed by atoms with E-state index in [-0.39, 0.29) is 29.6 Å². The van der Waals surface area contributed by atoms with E-state index in [0.717, 1.165) is 0 Å². The number of benzene rings is 1. The second-order valence-electron chi connectivity index (χ2n) is 2.28. The number of nitrogens with zero attached hydrogens (tertiary/aromatic N) is 1. The van der Waals surface area contributed by atoms with Crippen molar-refractivity contribution >= 4 is 10.9 Å². The van der Waals surface area contributed by atoms with Crippen LogP contribution in [0.2, 0.25) is 0 Å². The summed E-state index contributed by atoms with van der Waals surface area (Å²) in [6, 6.07) is 6.54. The van der Waals surface area contributed by atoms with Gasteiger partial charge >= 0.3 is 35.2 Å². The van der Waals surface area contributed by atoms with E-state index >= 15 is 0 Å². The van der Waals surface area contributed by atoms with E-state index in [1.54, 1.807) is 24.3 Å². The Bertz CT molecular complexity index is 528. The first-order valence-electron chi connectivity index (χ1n) is 3.34. The Hall–Kier alpha value is -0.840. The summed E-state index contributed by atoms with van der Waals surface area (Å²) in [4.78, 5) is 25.1. The van der Waals surface area contributed by atoms with Gasteiger partial charge < -0.3 is 9.40 Å². The standard InChI is InChI=1S/C8H5NO3.Na/c10-7-5-3-1-2-4-6(5)9-8(11)12-7;/h1-4H,(H,9,10,11);/q;+1/p-1. The fraction of sp³-hybridized carbons (Fsp3) is 0. The molecule has 0 aliphatic carbocycles. The Morgan fingerprint density at radius 1 is 1.15 bits per heavy atom. The molecule has 0 atom stereocenters. The van der Waals surface area contributed by atoms with Crippen LogP contribution in [0.1, 0.15) is 0 Å². The molecule has 0 radical (unpaired) electrons. The predicted octanol–water partition coefficient (Wildman–Crippen LogP) is -2.89. The van der Waals surface area contributed by atoms with Crippen LogP contribution < -0.4 is 45.9 Å². The SMILES string of the molecule is O=c1[n-]c2ccccc2c(=O)o1.[Na+]. The smallest absolute Gasteiger partial charge is 0.590 e. The van der Waals surface area contributed by atoms with Crippen molar-refractivity contribution in [3.8, 4) is 0 Å². The van der Waals surface area contributed by atoms with Crippen molar-refractivity contribution in [3.05, 3.63) is 45.2 Å². The second kappa shape index (κ2) is 3.91. The van der Waals surface area contributed by atoms with Crippen LogP contribution in [0.25, 0.3) is 10.9 Å². The number of rotatable bonds is 0. The Morgan fingerprint density at radius 3 is 2.62 bits per heavy atom. The Balaban J connectivity index is 0.000000845. The number of aromatic nitrogens is 1. The van der Waals surface area contributed by atoms with Gasteiger partial charge in [-0.2, -0.15) is 0 Å². The van der Waals surface area contributed by atoms with Crippen molar-refractivity contribution in [2.75, 3.05) is 0 Å². The van der Waals surface area contributed by atoms with Crippen molar-refractivity contribution in [2.45, 2.75) is 0 Å². The van der Waals surface area contributed by atoms with E-state index in [9.17, 15) is 9.59 Å². The molecule has 0 saturated carbocycles. The molecular formula is C8H4NNaO3. The predicted molar refractivity (Wildman–Crippen MR) is 42.1 cm³/mol. The summed E-state index contributed by atoms with van der Waals surface area (Å²) in [5, 5.41) is 0.331. The van der Waals surface area contributed by atoms with Gasteiger partial charge in [0.15, 0.2) is 0 Å². The monoisotopic (exact) mass is 185 g/mol. The molecule has 0 fully saturated rings. The zero-order valence-corrected chi connectivity index (χ0v) is 8.98. The molecule has 4 nitrogen and oxygen atoms in total. The van der Waals surface area contributed by atoms with Gasteiger partial charge in [0.1, 0.15) is 0 Å². The molecule has 0 aliphatic rings. The molecule has 0 N–H and O–H groups in total. The van der Waals surface area contributed by atoms with Crippen molar-refractivity contribution in [1.82, 2.24) is 4.98 Å². The van der Waals surface area contributed by atoms with Gasteiger partial charge in [-0.1, -0.05) is 18.2 Å². The first kappa shape index (κ1) is 10.2. The normalized spacial score (nSPS) is 9.54. The topological polar surface area (TPSA) is 61.4 Å². The van der Waals surface area contributed by atoms with Gasteiger partial charge in [-0.15, -0.1) is 5.52 Å². The Kier molecular flexibility index (Phi) is 3.08. The van der Waals surface area contributed by atoms with E-state index < -0.39 is 11.4 Å². The van der Waals surface area contributed by atoms with Crippen LogP contribution >= 0.6 is 0 Å². The molecule has 5 heteroatoms. The van der Waals surface area contributed by atoms with Crippen LogP contribution in [0, 0.1) is 0 Å². The van der Waals surface area contributed by atoms with Gasteiger partial charge in [0.2, 0.25) is 5.76 Å². The van der Waals surface area contributed by atoms with Gasteiger partial charge in [-0.3, -0.25) is 4.79 Å². The van der Waals surface area contributed by atoms with Crippen LogP contribution in [0.15, 0.2) is 38.3 Å². The van der Waals surface area contributed by atoms with Crippen LogP contribution in [0.5, 0.6) is 0 Å². The largest absolute Gasteiger partial charge is 1.00 e. The average Bonchev–Trinajstić information content (AvgIpc) is 2.04. The minimum Gasteiger partial charge on any atom is -0.590 e. The minimum absolute atomic E-state index is 0. The van der Waals surface area contributed by atoms with E-state index in [2.05, 4.69) is 9.40 Å². The molecule has 1 aromatic carbocycles. The average molecular weight is 185 g/mol. The number of hydrogen-bond donors (Lipinski definition) is 0. The summed E-state index contributed by atoms with van der Waals surface area (Å²) in [5.41, 5.74) is -0.260. The van der Waals surface area contributed by atoms with E-state index in [4.69, 9.17) is 0 Å². The van der Waals surface area contributed by atoms with E-state index in [1.165, 1.54) is 0 Å². The third-order valence-electron chi connectivity index (χ3n) is 1.52. The summed E-state index contributed by atoms with van der Waals surface area (Å²) >= 11 is 0. The summed E-state index contributed by atoms with van der Waals surface area (Å²) in [6.07, 6.45) is 0. The maximum absolute atomic E-state index is 11.0. The molecule has 0 saturated heterocycles. The summed E-state index contributed by atoms with van der Waals surface area (Å²) in [5.74, 6) is -0.848. The third kappa shape index (κ3) is 1.91. The van der Waals surface area contributed by atoms with Crippen molar-refractivity contribution in [2.24, 2.45) is 0 Å².